The maximum absolute atomic E-state index is 11.7. The number of amides is 1. The molecule has 3 N–H and O–H groups in total. The Bertz CT molecular complexity index is 659. The first-order valence-electron chi connectivity index (χ1n) is 6.65. The first-order chi connectivity index (χ1) is 10.5. The van der Waals surface area contributed by atoms with Gasteiger partial charge in [-0.3, -0.25) is 14.8 Å². The normalized spacial score (nSPS) is 24.3. The molecule has 0 saturated carbocycles. The molecule has 1 saturated heterocycles. The van der Waals surface area contributed by atoms with Crippen molar-refractivity contribution in [2.75, 3.05) is 11.5 Å². The fourth-order valence-electron chi connectivity index (χ4n) is 2.29. The van der Waals surface area contributed by atoms with Gasteiger partial charge in [0.2, 0.25) is 5.16 Å². The van der Waals surface area contributed by atoms with E-state index in [1.807, 2.05) is 6.92 Å². The molecule has 0 unspecified atom stereocenters. The first-order valence-corrected chi connectivity index (χ1v) is 8.68. The van der Waals surface area contributed by atoms with Gasteiger partial charge in [0.15, 0.2) is 6.10 Å². The lowest BCUT2D eigenvalue weighted by molar-refractivity contribution is -0.159. The molecule has 0 bridgehead atoms. The summed E-state index contributed by atoms with van der Waals surface area (Å²) in [5, 5.41) is 25.9. The highest BCUT2D eigenvalue weighted by molar-refractivity contribution is 8.01. The van der Waals surface area contributed by atoms with Gasteiger partial charge >= 0.3 is 5.97 Å². The summed E-state index contributed by atoms with van der Waals surface area (Å²) in [6.45, 7) is 1.96. The number of carbonyl (C=O) groups excluding carboxylic acids is 1. The fourth-order valence-corrected chi connectivity index (χ4v) is 4.52. The lowest BCUT2D eigenvalue weighted by Gasteiger charge is -2.47. The second-order valence-corrected chi connectivity index (χ2v) is 6.87. The highest BCUT2D eigenvalue weighted by Crippen LogP contribution is 2.41. The summed E-state index contributed by atoms with van der Waals surface area (Å²) in [7, 11) is 0. The molecule has 1 fully saturated rings. The molecule has 1 amide bonds. The monoisotopic (exact) mass is 342 g/mol. The van der Waals surface area contributed by atoms with Gasteiger partial charge in [-0.1, -0.05) is 18.7 Å². The van der Waals surface area contributed by atoms with Gasteiger partial charge in [0.05, 0.1) is 0 Å². The number of hydrogen-bond donors (Lipinski definition) is 3. The summed E-state index contributed by atoms with van der Waals surface area (Å²) < 4.78 is 0. The molecular weight excluding hydrogens is 328 g/mol. The van der Waals surface area contributed by atoms with E-state index in [-0.39, 0.29) is 5.70 Å². The number of aliphatic carboxylic acids is 1. The van der Waals surface area contributed by atoms with Crippen molar-refractivity contribution in [3.63, 3.8) is 0 Å². The van der Waals surface area contributed by atoms with Crippen molar-refractivity contribution in [3.05, 3.63) is 17.1 Å². The van der Waals surface area contributed by atoms with Crippen LogP contribution in [0.4, 0.5) is 0 Å². The minimum atomic E-state index is -1.15. The van der Waals surface area contributed by atoms with Crippen LogP contribution < -0.4 is 0 Å². The second kappa shape index (κ2) is 5.94. The van der Waals surface area contributed by atoms with Crippen molar-refractivity contribution in [3.8, 4) is 0 Å². The van der Waals surface area contributed by atoms with Crippen LogP contribution >= 0.6 is 23.5 Å². The van der Waals surface area contributed by atoms with E-state index in [4.69, 9.17) is 0 Å². The molecule has 2 atom stereocenters. The number of carboxylic acid groups (broad SMARTS) is 1. The molecule has 22 heavy (non-hydrogen) atoms. The van der Waals surface area contributed by atoms with Crippen molar-refractivity contribution in [1.82, 2.24) is 20.1 Å². The highest BCUT2D eigenvalue weighted by Gasteiger charge is 2.52. The maximum Gasteiger partial charge on any atom is 0.352 e. The average Bonchev–Trinajstić information content (AvgIpc) is 2.99. The SMILES string of the molecule is CCc1nc(SCC2=C(C(=O)O)N3C(=O)[C@@H](O)[C@@H]3SC2)n[nH]1. The highest BCUT2D eigenvalue weighted by atomic mass is 32.2. The number of carboxylic acids is 1. The van der Waals surface area contributed by atoms with Crippen molar-refractivity contribution >= 4 is 35.4 Å². The standard InChI is InChI=1S/C12H14N4O4S2/c1-2-6-13-12(15-14-6)22-4-5-3-21-10-8(17)9(18)16(10)7(5)11(19)20/h8,10,17H,2-4H2,1H3,(H,19,20)(H,13,14,15)/t8-,10+/m1/s1. The van der Waals surface area contributed by atoms with E-state index in [9.17, 15) is 19.8 Å². The lowest BCUT2D eigenvalue weighted by Crippen LogP contribution is -2.64. The largest absolute Gasteiger partial charge is 0.477 e. The molecule has 0 spiro atoms. The van der Waals surface area contributed by atoms with Crippen molar-refractivity contribution in [2.45, 2.75) is 30.0 Å². The van der Waals surface area contributed by atoms with E-state index in [1.165, 1.54) is 28.4 Å². The van der Waals surface area contributed by atoms with Crippen LogP contribution in [0.5, 0.6) is 0 Å². The van der Waals surface area contributed by atoms with Gasteiger partial charge < -0.3 is 10.2 Å². The van der Waals surface area contributed by atoms with E-state index < -0.39 is 23.4 Å². The van der Waals surface area contributed by atoms with Crippen LogP contribution in [0.1, 0.15) is 12.7 Å². The fraction of sp³-hybridized carbons (Fsp3) is 0.500. The third-order valence-electron chi connectivity index (χ3n) is 3.44. The Hall–Kier alpha value is -1.52. The predicted octanol–water partition coefficient (Wildman–Crippen LogP) is 0.0739. The molecule has 3 heterocycles. The molecule has 3 rings (SSSR count). The number of carbonyl (C=O) groups is 2. The second-order valence-electron chi connectivity index (χ2n) is 4.82. The molecule has 0 aliphatic carbocycles. The number of aryl methyl sites for hydroxylation is 1. The number of nitrogens with one attached hydrogen (secondary N) is 1. The van der Waals surface area contributed by atoms with Crippen LogP contribution in [0, 0.1) is 0 Å². The van der Waals surface area contributed by atoms with E-state index in [2.05, 4.69) is 15.2 Å². The van der Waals surface area contributed by atoms with Gasteiger partial charge in [-0.05, 0) is 5.57 Å². The summed E-state index contributed by atoms with van der Waals surface area (Å²) in [6.07, 6.45) is -0.359. The zero-order chi connectivity index (χ0) is 15.9. The van der Waals surface area contributed by atoms with Gasteiger partial charge in [-0.25, -0.2) is 9.78 Å². The first kappa shape index (κ1) is 15.4. The van der Waals surface area contributed by atoms with Crippen LogP contribution in [0.3, 0.4) is 0 Å². The minimum Gasteiger partial charge on any atom is -0.477 e. The van der Waals surface area contributed by atoms with E-state index in [0.717, 1.165) is 12.2 Å². The third-order valence-corrected chi connectivity index (χ3v) is 5.70. The number of thioether (sulfide) groups is 2. The number of β-lactam (4-membered cyclic amide) rings is 1. The van der Waals surface area contributed by atoms with Crippen molar-refractivity contribution in [2.24, 2.45) is 0 Å². The molecule has 1 aromatic heterocycles. The molecule has 0 aromatic carbocycles. The minimum absolute atomic E-state index is 0.0159. The molecule has 8 nitrogen and oxygen atoms in total. The topological polar surface area (TPSA) is 119 Å². The third kappa shape index (κ3) is 2.50. The van der Waals surface area contributed by atoms with Gasteiger partial charge in [-0.15, -0.1) is 16.9 Å². The van der Waals surface area contributed by atoms with Crippen LogP contribution in [0.2, 0.25) is 0 Å². The van der Waals surface area contributed by atoms with Crippen molar-refractivity contribution in [1.29, 1.82) is 0 Å². The number of aliphatic hydroxyl groups is 1. The number of hydrogen-bond acceptors (Lipinski definition) is 7. The van der Waals surface area contributed by atoms with E-state index in [0.29, 0.717) is 22.2 Å². The van der Waals surface area contributed by atoms with E-state index >= 15 is 0 Å². The number of aromatic nitrogens is 3. The number of rotatable bonds is 5. The average molecular weight is 342 g/mol. The van der Waals surface area contributed by atoms with Crippen LogP contribution in [-0.2, 0) is 16.0 Å². The molecule has 2 aliphatic heterocycles. The lowest BCUT2D eigenvalue weighted by atomic mass is 10.1. The summed E-state index contributed by atoms with van der Waals surface area (Å²) in [5.74, 6) is -0.0734. The summed E-state index contributed by atoms with van der Waals surface area (Å²) in [6, 6.07) is 0. The zero-order valence-corrected chi connectivity index (χ0v) is 13.3. The number of H-pyrrole nitrogens is 1. The van der Waals surface area contributed by atoms with E-state index in [1.54, 1.807) is 0 Å². The van der Waals surface area contributed by atoms with Gasteiger partial charge in [0.25, 0.3) is 5.91 Å². The molecular formula is C12H14N4O4S2. The Morgan fingerprint density at radius 2 is 2.36 bits per heavy atom. The van der Waals surface area contributed by atoms with Gasteiger partial charge in [-0.2, -0.15) is 0 Å². The van der Waals surface area contributed by atoms with Crippen LogP contribution in [-0.4, -0.2) is 65.2 Å². The van der Waals surface area contributed by atoms with Gasteiger partial charge in [0.1, 0.15) is 16.9 Å². The molecule has 0 radical (unpaired) electrons. The Kier molecular flexibility index (Phi) is 4.15. The number of aliphatic hydroxyl groups excluding tert-OH is 1. The Balaban J connectivity index is 1.78. The van der Waals surface area contributed by atoms with Gasteiger partial charge in [0, 0.05) is 17.9 Å². The maximum atomic E-state index is 11.7. The summed E-state index contributed by atoms with van der Waals surface area (Å²) in [4.78, 5) is 28.6. The number of fused-ring (bicyclic) bond motifs is 1. The molecule has 1 aromatic rings. The Morgan fingerprint density at radius 1 is 1.59 bits per heavy atom. The quantitative estimate of drug-likeness (QED) is 0.508. The smallest absolute Gasteiger partial charge is 0.352 e. The summed E-state index contributed by atoms with van der Waals surface area (Å²) in [5.41, 5.74) is 0.625. The van der Waals surface area contributed by atoms with Crippen LogP contribution in [0.25, 0.3) is 0 Å². The Labute approximate surface area is 134 Å². The van der Waals surface area contributed by atoms with Crippen LogP contribution in [0.15, 0.2) is 16.4 Å². The summed E-state index contributed by atoms with van der Waals surface area (Å²) >= 11 is 2.70. The predicted molar refractivity (Wildman–Crippen MR) is 80.2 cm³/mol. The molecule has 118 valence electrons. The Morgan fingerprint density at radius 3 is 3.00 bits per heavy atom. The number of nitrogens with zero attached hydrogens (tertiary/aromatic N) is 3. The zero-order valence-electron chi connectivity index (χ0n) is 11.6. The number of aromatic amines is 1. The molecule has 2 aliphatic rings. The van der Waals surface area contributed by atoms with Crippen molar-refractivity contribution < 1.29 is 19.8 Å². The molecule has 10 heteroatoms.